The van der Waals surface area contributed by atoms with Gasteiger partial charge in [-0.15, -0.1) is 0 Å². The molecule has 0 bridgehead atoms. The molecule has 19 heavy (non-hydrogen) atoms. The number of ether oxygens (including phenoxy) is 1. The fourth-order valence-corrected chi connectivity index (χ4v) is 1.78. The van der Waals surface area contributed by atoms with Crippen molar-refractivity contribution in [3.8, 4) is 11.5 Å². The number of nitrogens with two attached hydrogens (primary N) is 1. The van der Waals surface area contributed by atoms with Gasteiger partial charge in [0, 0.05) is 6.04 Å². The van der Waals surface area contributed by atoms with E-state index in [0.29, 0.717) is 5.92 Å². The van der Waals surface area contributed by atoms with Crippen LogP contribution in [0, 0.1) is 0 Å². The van der Waals surface area contributed by atoms with E-state index in [4.69, 9.17) is 10.5 Å². The average molecular weight is 256 g/mol. The lowest BCUT2D eigenvalue weighted by Crippen LogP contribution is -2.06. The first-order chi connectivity index (χ1) is 9.06. The fourth-order valence-electron chi connectivity index (χ4n) is 1.78. The molecule has 0 saturated heterocycles. The van der Waals surface area contributed by atoms with Crippen molar-refractivity contribution >= 4 is 0 Å². The van der Waals surface area contributed by atoms with Crippen LogP contribution in [0.25, 0.3) is 0 Å². The lowest BCUT2D eigenvalue weighted by molar-refractivity contribution is 0.479. The van der Waals surface area contributed by atoms with Crippen LogP contribution in [0.3, 0.4) is 0 Å². The molecule has 3 nitrogen and oxygen atoms in total. The molecular formula is C16H20N2O. The molecule has 0 aliphatic rings. The first kappa shape index (κ1) is 13.6. The van der Waals surface area contributed by atoms with Crippen LogP contribution in [0.1, 0.15) is 44.0 Å². The van der Waals surface area contributed by atoms with Gasteiger partial charge in [0.1, 0.15) is 11.5 Å². The van der Waals surface area contributed by atoms with Crippen LogP contribution < -0.4 is 10.5 Å². The Balaban J connectivity index is 2.08. The Morgan fingerprint density at radius 2 is 1.58 bits per heavy atom. The highest BCUT2D eigenvalue weighted by Crippen LogP contribution is 2.23. The maximum Gasteiger partial charge on any atom is 0.145 e. The van der Waals surface area contributed by atoms with Crippen LogP contribution in [0.15, 0.2) is 42.6 Å². The highest BCUT2D eigenvalue weighted by Gasteiger charge is 2.03. The molecule has 1 heterocycles. The van der Waals surface area contributed by atoms with E-state index >= 15 is 0 Å². The summed E-state index contributed by atoms with van der Waals surface area (Å²) in [5.74, 6) is 2.07. The average Bonchev–Trinajstić information content (AvgIpc) is 2.40. The summed E-state index contributed by atoms with van der Waals surface area (Å²) in [4.78, 5) is 4.27. The number of rotatable bonds is 4. The maximum atomic E-state index is 5.76. The summed E-state index contributed by atoms with van der Waals surface area (Å²) >= 11 is 0. The molecule has 1 aromatic heterocycles. The first-order valence-corrected chi connectivity index (χ1v) is 6.55. The van der Waals surface area contributed by atoms with Gasteiger partial charge >= 0.3 is 0 Å². The highest BCUT2D eigenvalue weighted by atomic mass is 16.5. The van der Waals surface area contributed by atoms with Crippen molar-refractivity contribution in [1.29, 1.82) is 0 Å². The normalized spacial score (nSPS) is 12.5. The van der Waals surface area contributed by atoms with Gasteiger partial charge in [0.25, 0.3) is 0 Å². The van der Waals surface area contributed by atoms with Crippen molar-refractivity contribution in [2.45, 2.75) is 32.7 Å². The van der Waals surface area contributed by atoms with Gasteiger partial charge in [-0.1, -0.05) is 26.0 Å². The Labute approximate surface area is 114 Å². The molecule has 2 rings (SSSR count). The molecule has 1 aromatic carbocycles. The van der Waals surface area contributed by atoms with Crippen molar-refractivity contribution in [2.75, 3.05) is 0 Å². The summed E-state index contributed by atoms with van der Waals surface area (Å²) in [7, 11) is 0. The quantitative estimate of drug-likeness (QED) is 0.898. The van der Waals surface area contributed by atoms with Crippen LogP contribution in [0.4, 0.5) is 0 Å². The molecule has 0 saturated carbocycles. The monoisotopic (exact) mass is 256 g/mol. The number of nitrogens with zero attached hydrogens (tertiary/aromatic N) is 1. The summed E-state index contributed by atoms with van der Waals surface area (Å²) in [6.07, 6.45) is 1.70. The minimum Gasteiger partial charge on any atom is -0.456 e. The van der Waals surface area contributed by atoms with Crippen molar-refractivity contribution in [2.24, 2.45) is 5.73 Å². The molecule has 0 spiro atoms. The van der Waals surface area contributed by atoms with Crippen molar-refractivity contribution in [1.82, 2.24) is 4.98 Å². The van der Waals surface area contributed by atoms with Gasteiger partial charge in [0.2, 0.25) is 0 Å². The molecule has 1 atom stereocenters. The smallest absolute Gasteiger partial charge is 0.145 e. The summed E-state index contributed by atoms with van der Waals surface area (Å²) in [6, 6.07) is 11.9. The number of aromatic nitrogens is 1. The van der Waals surface area contributed by atoms with E-state index in [0.717, 1.165) is 17.2 Å². The van der Waals surface area contributed by atoms with E-state index in [1.807, 2.05) is 31.2 Å². The predicted molar refractivity (Wildman–Crippen MR) is 77.4 cm³/mol. The summed E-state index contributed by atoms with van der Waals surface area (Å²) in [5.41, 5.74) is 7.92. The third-order valence-electron chi connectivity index (χ3n) is 3.01. The molecule has 0 amide bonds. The van der Waals surface area contributed by atoms with Crippen molar-refractivity contribution < 1.29 is 4.74 Å². The maximum absolute atomic E-state index is 5.76. The second kappa shape index (κ2) is 5.85. The Hall–Kier alpha value is -1.87. The lowest BCUT2D eigenvalue weighted by Gasteiger charge is -2.09. The van der Waals surface area contributed by atoms with Gasteiger partial charge in [0.05, 0.1) is 11.9 Å². The van der Waals surface area contributed by atoms with E-state index < -0.39 is 0 Å². The van der Waals surface area contributed by atoms with Gasteiger partial charge in [-0.25, -0.2) is 0 Å². The Bertz CT molecular complexity index is 466. The second-order valence-corrected chi connectivity index (χ2v) is 5.03. The highest BCUT2D eigenvalue weighted by molar-refractivity contribution is 5.33. The molecule has 3 heteroatoms. The topological polar surface area (TPSA) is 48.1 Å². The zero-order chi connectivity index (χ0) is 13.8. The fraction of sp³-hybridized carbons (Fsp3) is 0.312. The Kier molecular flexibility index (Phi) is 4.17. The van der Waals surface area contributed by atoms with Crippen LogP contribution in [-0.2, 0) is 0 Å². The Morgan fingerprint density at radius 1 is 0.947 bits per heavy atom. The SMILES string of the molecule is CC(C)c1ccc(Oc2ccc(C(C)N)nc2)cc1. The van der Waals surface area contributed by atoms with Crippen LogP contribution in [0.2, 0.25) is 0 Å². The molecule has 0 aliphatic heterocycles. The summed E-state index contributed by atoms with van der Waals surface area (Å²) in [6.45, 7) is 6.26. The molecular weight excluding hydrogens is 236 g/mol. The van der Waals surface area contributed by atoms with Crippen LogP contribution in [0.5, 0.6) is 11.5 Å². The van der Waals surface area contributed by atoms with Gasteiger partial charge in [0.15, 0.2) is 0 Å². The molecule has 2 aromatic rings. The lowest BCUT2D eigenvalue weighted by atomic mass is 10.0. The van der Waals surface area contributed by atoms with Gasteiger partial charge < -0.3 is 10.5 Å². The van der Waals surface area contributed by atoms with Crippen LogP contribution in [-0.4, -0.2) is 4.98 Å². The van der Waals surface area contributed by atoms with Crippen molar-refractivity contribution in [3.05, 3.63) is 53.9 Å². The molecule has 0 radical (unpaired) electrons. The number of pyridine rings is 1. The van der Waals surface area contributed by atoms with E-state index in [1.165, 1.54) is 5.56 Å². The predicted octanol–water partition coefficient (Wildman–Crippen LogP) is 4.02. The molecule has 2 N–H and O–H groups in total. The number of hydrogen-bond donors (Lipinski definition) is 1. The van der Waals surface area contributed by atoms with E-state index in [9.17, 15) is 0 Å². The summed E-state index contributed by atoms with van der Waals surface area (Å²) < 4.78 is 5.74. The first-order valence-electron chi connectivity index (χ1n) is 6.55. The van der Waals surface area contributed by atoms with Gasteiger partial charge in [-0.3, -0.25) is 4.98 Å². The molecule has 100 valence electrons. The molecule has 1 unspecified atom stereocenters. The largest absolute Gasteiger partial charge is 0.456 e. The zero-order valence-corrected chi connectivity index (χ0v) is 11.6. The van der Waals surface area contributed by atoms with Crippen molar-refractivity contribution in [3.63, 3.8) is 0 Å². The zero-order valence-electron chi connectivity index (χ0n) is 11.6. The van der Waals surface area contributed by atoms with Crippen LogP contribution >= 0.6 is 0 Å². The van der Waals surface area contributed by atoms with E-state index in [-0.39, 0.29) is 6.04 Å². The van der Waals surface area contributed by atoms with Gasteiger partial charge in [-0.2, -0.15) is 0 Å². The van der Waals surface area contributed by atoms with E-state index in [1.54, 1.807) is 6.20 Å². The minimum absolute atomic E-state index is 0.0561. The molecule has 0 aliphatic carbocycles. The van der Waals surface area contributed by atoms with E-state index in [2.05, 4.69) is 31.0 Å². The minimum atomic E-state index is -0.0561. The second-order valence-electron chi connectivity index (χ2n) is 5.03. The third-order valence-corrected chi connectivity index (χ3v) is 3.01. The molecule has 0 fully saturated rings. The number of hydrogen-bond acceptors (Lipinski definition) is 3. The summed E-state index contributed by atoms with van der Waals surface area (Å²) in [5, 5.41) is 0. The standard InChI is InChI=1S/C16H20N2O/c1-11(2)13-4-6-14(7-5-13)19-15-8-9-16(12(3)17)18-10-15/h4-12H,17H2,1-3H3. The third kappa shape index (κ3) is 3.55. The van der Waals surface area contributed by atoms with Gasteiger partial charge in [-0.05, 0) is 42.7 Å². The Morgan fingerprint density at radius 3 is 2.05 bits per heavy atom. The number of benzene rings is 1.